The largest absolute Gasteiger partial charge is 0.472 e. The molecular formula is C9H7BrO2. The van der Waals surface area contributed by atoms with Crippen LogP contribution in [0.2, 0.25) is 0 Å². The molecule has 0 atom stereocenters. The van der Waals surface area contributed by atoms with E-state index in [1.54, 1.807) is 12.1 Å². The number of aliphatic carboxylic acids is 1. The van der Waals surface area contributed by atoms with Crippen molar-refractivity contribution in [3.63, 3.8) is 0 Å². The number of carboxylic acid groups (broad SMARTS) is 1. The molecule has 0 unspecified atom stereocenters. The van der Waals surface area contributed by atoms with Crippen LogP contribution in [0.1, 0.15) is 5.56 Å². The van der Waals surface area contributed by atoms with E-state index in [1.807, 2.05) is 24.1 Å². The molecule has 0 saturated heterocycles. The van der Waals surface area contributed by atoms with Gasteiger partial charge in [-0.3, -0.25) is 0 Å². The first-order chi connectivity index (χ1) is 5.29. The Kier molecular flexibility index (Phi) is 4.82. The predicted molar refractivity (Wildman–Crippen MR) is 51.3 cm³/mol. The van der Waals surface area contributed by atoms with Gasteiger partial charge in [0.25, 0.3) is 0 Å². The normalized spacial score (nSPS) is 7.33. The van der Waals surface area contributed by atoms with Gasteiger partial charge in [-0.1, -0.05) is 24.1 Å². The van der Waals surface area contributed by atoms with Crippen LogP contribution in [-0.2, 0) is 4.79 Å². The van der Waals surface area contributed by atoms with Crippen LogP contribution >= 0.6 is 17.0 Å². The smallest absolute Gasteiger partial charge is 0.382 e. The Morgan fingerprint density at radius 2 is 1.83 bits per heavy atom. The first kappa shape index (κ1) is 10.7. The fraction of sp³-hybridized carbons (Fsp3) is 0. The predicted octanol–water partition coefficient (Wildman–Crippen LogP) is 1.70. The van der Waals surface area contributed by atoms with Gasteiger partial charge in [-0.15, -0.1) is 17.0 Å². The number of carbonyl (C=O) groups is 1. The molecule has 12 heavy (non-hydrogen) atoms. The molecule has 0 amide bonds. The van der Waals surface area contributed by atoms with Crippen molar-refractivity contribution in [2.24, 2.45) is 0 Å². The second-order valence-corrected chi connectivity index (χ2v) is 1.92. The molecule has 1 aromatic rings. The van der Waals surface area contributed by atoms with E-state index in [1.165, 1.54) is 0 Å². The highest BCUT2D eigenvalue weighted by Gasteiger charge is 1.84. The molecule has 1 rings (SSSR count). The van der Waals surface area contributed by atoms with Gasteiger partial charge in [-0.25, -0.2) is 4.79 Å². The highest BCUT2D eigenvalue weighted by molar-refractivity contribution is 8.93. The number of carboxylic acids is 1. The quantitative estimate of drug-likeness (QED) is 0.685. The molecule has 0 fully saturated rings. The van der Waals surface area contributed by atoms with Gasteiger partial charge in [0.05, 0.1) is 0 Å². The maximum Gasteiger partial charge on any atom is 0.382 e. The number of hydrogen-bond acceptors (Lipinski definition) is 1. The Morgan fingerprint density at radius 3 is 2.33 bits per heavy atom. The average molecular weight is 227 g/mol. The molecule has 0 aromatic heterocycles. The summed E-state index contributed by atoms with van der Waals surface area (Å²) >= 11 is 0. The highest BCUT2D eigenvalue weighted by atomic mass is 79.9. The van der Waals surface area contributed by atoms with Crippen molar-refractivity contribution in [2.75, 3.05) is 0 Å². The van der Waals surface area contributed by atoms with Crippen LogP contribution in [0.4, 0.5) is 0 Å². The molecule has 62 valence electrons. The van der Waals surface area contributed by atoms with Crippen LogP contribution in [0.25, 0.3) is 0 Å². The highest BCUT2D eigenvalue weighted by Crippen LogP contribution is 1.93. The zero-order valence-corrected chi connectivity index (χ0v) is 7.86. The van der Waals surface area contributed by atoms with Crippen LogP contribution < -0.4 is 0 Å². The topological polar surface area (TPSA) is 37.3 Å². The summed E-state index contributed by atoms with van der Waals surface area (Å²) in [6, 6.07) is 9.00. The lowest BCUT2D eigenvalue weighted by atomic mass is 10.2. The van der Waals surface area contributed by atoms with E-state index in [4.69, 9.17) is 5.11 Å². The minimum absolute atomic E-state index is 0. The minimum Gasteiger partial charge on any atom is -0.472 e. The molecule has 3 heteroatoms. The van der Waals surface area contributed by atoms with Crippen LogP contribution in [-0.4, -0.2) is 11.1 Å². The third-order valence-corrected chi connectivity index (χ3v) is 1.09. The van der Waals surface area contributed by atoms with Gasteiger partial charge in [0.15, 0.2) is 0 Å². The lowest BCUT2D eigenvalue weighted by molar-refractivity contribution is -0.130. The number of halogens is 1. The first-order valence-electron chi connectivity index (χ1n) is 3.09. The number of rotatable bonds is 0. The van der Waals surface area contributed by atoms with Crippen molar-refractivity contribution in [3.05, 3.63) is 35.9 Å². The molecule has 1 N–H and O–H groups in total. The van der Waals surface area contributed by atoms with Crippen LogP contribution in [0.3, 0.4) is 0 Å². The second kappa shape index (κ2) is 5.39. The Labute approximate surface area is 81.0 Å². The summed E-state index contributed by atoms with van der Waals surface area (Å²) in [4.78, 5) is 10.00. The standard InChI is InChI=1S/C9H6O2.BrH/c10-9(11)7-6-8-4-2-1-3-5-8;/h1-5H,(H,10,11);1H. The van der Waals surface area contributed by atoms with Gasteiger partial charge < -0.3 is 5.11 Å². The molecule has 0 radical (unpaired) electrons. The fourth-order valence-electron chi connectivity index (χ4n) is 0.647. The molecule has 0 saturated carbocycles. The van der Waals surface area contributed by atoms with Crippen LogP contribution in [0.15, 0.2) is 30.3 Å². The van der Waals surface area contributed by atoms with Crippen molar-refractivity contribution < 1.29 is 9.90 Å². The summed E-state index contributed by atoms with van der Waals surface area (Å²) in [6.07, 6.45) is 0. The van der Waals surface area contributed by atoms with Crippen molar-refractivity contribution in [3.8, 4) is 11.8 Å². The Bertz CT molecular complexity index is 308. The van der Waals surface area contributed by atoms with E-state index in [0.29, 0.717) is 0 Å². The van der Waals surface area contributed by atoms with Crippen molar-refractivity contribution >= 4 is 23.0 Å². The molecule has 0 aliphatic heterocycles. The molecule has 0 bridgehead atoms. The van der Waals surface area contributed by atoms with Gasteiger partial charge in [0, 0.05) is 11.5 Å². The zero-order valence-electron chi connectivity index (χ0n) is 6.15. The maximum absolute atomic E-state index is 10.00. The van der Waals surface area contributed by atoms with Crippen LogP contribution in [0, 0.1) is 11.8 Å². The van der Waals surface area contributed by atoms with Gasteiger partial charge in [-0.05, 0) is 12.1 Å². The zero-order chi connectivity index (χ0) is 8.10. The Morgan fingerprint density at radius 1 is 1.25 bits per heavy atom. The average Bonchev–Trinajstić information content (AvgIpc) is 2.03. The van der Waals surface area contributed by atoms with Gasteiger partial charge in [0.1, 0.15) is 0 Å². The summed E-state index contributed by atoms with van der Waals surface area (Å²) in [6.45, 7) is 0. The van der Waals surface area contributed by atoms with Gasteiger partial charge in [0.2, 0.25) is 0 Å². The fourth-order valence-corrected chi connectivity index (χ4v) is 0.647. The summed E-state index contributed by atoms with van der Waals surface area (Å²) in [5, 5.41) is 8.20. The minimum atomic E-state index is -1.10. The monoisotopic (exact) mass is 226 g/mol. The maximum atomic E-state index is 10.00. The molecular weight excluding hydrogens is 220 g/mol. The summed E-state index contributed by atoms with van der Waals surface area (Å²) in [5.74, 6) is 3.42. The van der Waals surface area contributed by atoms with Crippen LogP contribution in [0.5, 0.6) is 0 Å². The number of benzene rings is 1. The summed E-state index contributed by atoms with van der Waals surface area (Å²) in [5.41, 5.74) is 0.718. The SMILES string of the molecule is Br.O=C(O)C#Cc1ccccc1. The van der Waals surface area contributed by atoms with E-state index in [-0.39, 0.29) is 17.0 Å². The van der Waals surface area contributed by atoms with E-state index >= 15 is 0 Å². The lowest BCUT2D eigenvalue weighted by Crippen LogP contribution is -1.86. The third kappa shape index (κ3) is 3.79. The van der Waals surface area contributed by atoms with Gasteiger partial charge in [-0.2, -0.15) is 0 Å². The van der Waals surface area contributed by atoms with Crippen molar-refractivity contribution in [1.82, 2.24) is 0 Å². The number of hydrogen-bond donors (Lipinski definition) is 1. The lowest BCUT2D eigenvalue weighted by Gasteiger charge is -1.83. The third-order valence-electron chi connectivity index (χ3n) is 1.09. The molecule has 0 aliphatic rings. The van der Waals surface area contributed by atoms with Crippen molar-refractivity contribution in [1.29, 1.82) is 0 Å². The summed E-state index contributed by atoms with van der Waals surface area (Å²) < 4.78 is 0. The molecule has 0 aliphatic carbocycles. The molecule has 1 aromatic carbocycles. The Balaban J connectivity index is 0.00000121. The van der Waals surface area contributed by atoms with E-state index in [0.717, 1.165) is 5.56 Å². The molecule has 0 heterocycles. The van der Waals surface area contributed by atoms with E-state index in [9.17, 15) is 4.79 Å². The summed E-state index contributed by atoms with van der Waals surface area (Å²) in [7, 11) is 0. The van der Waals surface area contributed by atoms with Crippen molar-refractivity contribution in [2.45, 2.75) is 0 Å². The second-order valence-electron chi connectivity index (χ2n) is 1.92. The van der Waals surface area contributed by atoms with E-state index in [2.05, 4.69) is 5.92 Å². The molecule has 2 nitrogen and oxygen atoms in total. The van der Waals surface area contributed by atoms with E-state index < -0.39 is 5.97 Å². The first-order valence-corrected chi connectivity index (χ1v) is 3.09. The van der Waals surface area contributed by atoms with Gasteiger partial charge >= 0.3 is 5.97 Å². The Hall–Kier alpha value is -1.27. The molecule has 0 spiro atoms.